The number of benzene rings is 1. The molecule has 3 N–H and O–H groups in total. The molecule has 1 aliphatic carbocycles. The van der Waals surface area contributed by atoms with Crippen molar-refractivity contribution in [3.63, 3.8) is 0 Å². The van der Waals surface area contributed by atoms with Crippen LogP contribution in [0.4, 0.5) is 0 Å². The van der Waals surface area contributed by atoms with Crippen LogP contribution in [-0.4, -0.2) is 27.8 Å². The predicted octanol–water partition coefficient (Wildman–Crippen LogP) is 2.14. The Hall–Kier alpha value is -2.18. The lowest BCUT2D eigenvalue weighted by Gasteiger charge is -2.26. The highest BCUT2D eigenvalue weighted by molar-refractivity contribution is 5.82. The van der Waals surface area contributed by atoms with E-state index in [2.05, 4.69) is 28.2 Å². The fourth-order valence-corrected chi connectivity index (χ4v) is 4.34. The Balaban J connectivity index is 1.45. The smallest absolute Gasteiger partial charge is 0.239 e. The van der Waals surface area contributed by atoms with Gasteiger partial charge in [-0.15, -0.1) is 0 Å². The van der Waals surface area contributed by atoms with Crippen LogP contribution < -0.4 is 16.2 Å². The van der Waals surface area contributed by atoms with Crippen LogP contribution in [0.1, 0.15) is 42.6 Å². The van der Waals surface area contributed by atoms with Crippen molar-refractivity contribution in [2.75, 3.05) is 0 Å². The van der Waals surface area contributed by atoms with E-state index in [4.69, 9.17) is 0 Å². The van der Waals surface area contributed by atoms with Gasteiger partial charge in [0.05, 0.1) is 11.4 Å². The Labute approximate surface area is 154 Å². The normalized spacial score (nSPS) is 25.1. The molecule has 0 radical (unpaired) electrons. The van der Waals surface area contributed by atoms with Gasteiger partial charge in [0.25, 0.3) is 0 Å². The zero-order valence-electron chi connectivity index (χ0n) is 15.5. The summed E-state index contributed by atoms with van der Waals surface area (Å²) in [6.07, 6.45) is 4.74. The Morgan fingerprint density at radius 1 is 1.19 bits per heavy atom. The SMILES string of the molecule is Cc1nn(-c2ccccc2)c(C)c1CNC(=O)C1NNC2CCCCC21. The number of fused-ring (bicyclic) bond motifs is 1. The molecule has 0 bridgehead atoms. The van der Waals surface area contributed by atoms with Crippen molar-refractivity contribution in [2.24, 2.45) is 5.92 Å². The minimum Gasteiger partial charge on any atom is -0.350 e. The Morgan fingerprint density at radius 3 is 2.77 bits per heavy atom. The topological polar surface area (TPSA) is 71.0 Å². The predicted molar refractivity (Wildman–Crippen MR) is 101 cm³/mol. The lowest BCUT2D eigenvalue weighted by Crippen LogP contribution is -2.45. The number of carbonyl (C=O) groups is 1. The molecular formula is C20H27N5O. The summed E-state index contributed by atoms with van der Waals surface area (Å²) in [5.74, 6) is 0.483. The quantitative estimate of drug-likeness (QED) is 0.788. The van der Waals surface area contributed by atoms with E-state index >= 15 is 0 Å². The maximum absolute atomic E-state index is 12.7. The molecule has 3 atom stereocenters. The molecule has 1 amide bonds. The number of para-hydroxylation sites is 1. The zero-order valence-corrected chi connectivity index (χ0v) is 15.5. The summed E-state index contributed by atoms with van der Waals surface area (Å²) >= 11 is 0. The van der Waals surface area contributed by atoms with Crippen LogP contribution in [0.3, 0.4) is 0 Å². The van der Waals surface area contributed by atoms with Gasteiger partial charge in [-0.05, 0) is 38.8 Å². The van der Waals surface area contributed by atoms with Crippen LogP contribution in [0.25, 0.3) is 5.69 Å². The minimum absolute atomic E-state index is 0.0816. The van der Waals surface area contributed by atoms with E-state index in [1.807, 2.05) is 41.9 Å². The number of nitrogens with zero attached hydrogens (tertiary/aromatic N) is 2. The summed E-state index contributed by atoms with van der Waals surface area (Å²) in [7, 11) is 0. The molecule has 1 saturated heterocycles. The van der Waals surface area contributed by atoms with Gasteiger partial charge in [-0.3, -0.25) is 10.2 Å². The number of amides is 1. The average molecular weight is 353 g/mol. The van der Waals surface area contributed by atoms with Crippen LogP contribution >= 0.6 is 0 Å². The summed E-state index contributed by atoms with van der Waals surface area (Å²) < 4.78 is 1.95. The second-order valence-electron chi connectivity index (χ2n) is 7.44. The molecule has 1 aliphatic heterocycles. The number of nitrogens with one attached hydrogen (secondary N) is 3. The van der Waals surface area contributed by atoms with E-state index in [1.54, 1.807) is 0 Å². The third kappa shape index (κ3) is 3.15. The molecule has 1 aromatic heterocycles. The molecule has 6 heteroatoms. The van der Waals surface area contributed by atoms with Gasteiger partial charge >= 0.3 is 0 Å². The van der Waals surface area contributed by atoms with Crippen molar-refractivity contribution in [3.8, 4) is 5.69 Å². The van der Waals surface area contributed by atoms with Crippen molar-refractivity contribution >= 4 is 5.91 Å². The third-order valence-corrected chi connectivity index (χ3v) is 5.84. The first kappa shape index (κ1) is 17.2. The summed E-state index contributed by atoms with van der Waals surface area (Å²) in [6.45, 7) is 4.57. The Bertz CT molecular complexity index is 785. The highest BCUT2D eigenvalue weighted by Gasteiger charge is 2.40. The monoisotopic (exact) mass is 353 g/mol. The third-order valence-electron chi connectivity index (χ3n) is 5.84. The number of hydrogen-bond acceptors (Lipinski definition) is 4. The van der Waals surface area contributed by atoms with E-state index < -0.39 is 0 Å². The van der Waals surface area contributed by atoms with E-state index in [9.17, 15) is 4.79 Å². The molecular weight excluding hydrogens is 326 g/mol. The fourth-order valence-electron chi connectivity index (χ4n) is 4.34. The lowest BCUT2D eigenvalue weighted by atomic mass is 9.81. The van der Waals surface area contributed by atoms with Gasteiger partial charge in [-0.2, -0.15) is 5.10 Å². The van der Waals surface area contributed by atoms with Crippen molar-refractivity contribution in [1.29, 1.82) is 0 Å². The van der Waals surface area contributed by atoms with Crippen molar-refractivity contribution in [3.05, 3.63) is 47.3 Å². The fraction of sp³-hybridized carbons (Fsp3) is 0.500. The van der Waals surface area contributed by atoms with Gasteiger partial charge in [-0.25, -0.2) is 10.1 Å². The molecule has 0 spiro atoms. The average Bonchev–Trinajstić information content (AvgIpc) is 3.22. The van der Waals surface area contributed by atoms with Crippen LogP contribution in [0.5, 0.6) is 0 Å². The van der Waals surface area contributed by atoms with Crippen LogP contribution in [0.15, 0.2) is 30.3 Å². The maximum Gasteiger partial charge on any atom is 0.239 e. The van der Waals surface area contributed by atoms with Crippen LogP contribution in [0, 0.1) is 19.8 Å². The van der Waals surface area contributed by atoms with Gasteiger partial charge in [0, 0.05) is 29.8 Å². The second kappa shape index (κ2) is 7.21. The van der Waals surface area contributed by atoms with Gasteiger partial charge < -0.3 is 5.32 Å². The molecule has 138 valence electrons. The van der Waals surface area contributed by atoms with Crippen molar-refractivity contribution < 1.29 is 4.79 Å². The molecule has 1 aromatic carbocycles. The summed E-state index contributed by atoms with van der Waals surface area (Å²) in [4.78, 5) is 12.7. The summed E-state index contributed by atoms with van der Waals surface area (Å²) in [5.41, 5.74) is 10.7. The Kier molecular flexibility index (Phi) is 4.78. The first-order valence-corrected chi connectivity index (χ1v) is 9.54. The first-order valence-electron chi connectivity index (χ1n) is 9.54. The number of hydrogen-bond donors (Lipinski definition) is 3. The second-order valence-corrected chi connectivity index (χ2v) is 7.44. The number of hydrazine groups is 1. The van der Waals surface area contributed by atoms with E-state index in [0.717, 1.165) is 35.5 Å². The molecule has 26 heavy (non-hydrogen) atoms. The highest BCUT2D eigenvalue weighted by atomic mass is 16.2. The van der Waals surface area contributed by atoms with Crippen LogP contribution in [-0.2, 0) is 11.3 Å². The zero-order chi connectivity index (χ0) is 18.1. The number of aromatic nitrogens is 2. The molecule has 6 nitrogen and oxygen atoms in total. The molecule has 2 fully saturated rings. The summed E-state index contributed by atoms with van der Waals surface area (Å²) in [6, 6.07) is 10.4. The highest BCUT2D eigenvalue weighted by Crippen LogP contribution is 2.30. The molecule has 2 heterocycles. The number of aryl methyl sites for hydroxylation is 1. The van der Waals surface area contributed by atoms with Gasteiger partial charge in [0.1, 0.15) is 6.04 Å². The largest absolute Gasteiger partial charge is 0.350 e. The van der Waals surface area contributed by atoms with Crippen LogP contribution in [0.2, 0.25) is 0 Å². The van der Waals surface area contributed by atoms with Crippen molar-refractivity contribution in [2.45, 2.75) is 58.2 Å². The van der Waals surface area contributed by atoms with E-state index in [0.29, 0.717) is 18.5 Å². The maximum atomic E-state index is 12.7. The lowest BCUT2D eigenvalue weighted by molar-refractivity contribution is -0.124. The van der Waals surface area contributed by atoms with Crippen molar-refractivity contribution in [1.82, 2.24) is 25.9 Å². The molecule has 4 rings (SSSR count). The number of rotatable bonds is 4. The Morgan fingerprint density at radius 2 is 1.96 bits per heavy atom. The minimum atomic E-state index is -0.134. The summed E-state index contributed by atoms with van der Waals surface area (Å²) in [5, 5.41) is 7.78. The van der Waals surface area contributed by atoms with E-state index in [-0.39, 0.29) is 11.9 Å². The first-order chi connectivity index (χ1) is 12.6. The molecule has 2 aromatic rings. The molecule has 2 aliphatic rings. The number of carbonyl (C=O) groups excluding carboxylic acids is 1. The molecule has 3 unspecified atom stereocenters. The van der Waals surface area contributed by atoms with E-state index in [1.165, 1.54) is 12.8 Å². The van der Waals surface area contributed by atoms with Gasteiger partial charge in [0.15, 0.2) is 0 Å². The standard InChI is InChI=1S/C20H27N5O/c1-13-17(14(2)25(24-13)15-8-4-3-5-9-15)12-21-20(26)19-16-10-6-7-11-18(16)22-23-19/h3-5,8-9,16,18-19,22-23H,6-7,10-12H2,1-2H3,(H,21,26). The van der Waals surface area contributed by atoms with Gasteiger partial charge in [0.2, 0.25) is 5.91 Å². The molecule has 1 saturated carbocycles. The van der Waals surface area contributed by atoms with Gasteiger partial charge in [-0.1, -0.05) is 31.0 Å².